The van der Waals surface area contributed by atoms with Gasteiger partial charge in [0.2, 0.25) is 0 Å². The Morgan fingerprint density at radius 1 is 1.13 bits per heavy atom. The van der Waals surface area contributed by atoms with Crippen molar-refractivity contribution in [2.75, 3.05) is 6.54 Å². The van der Waals surface area contributed by atoms with Crippen molar-refractivity contribution in [1.29, 1.82) is 0 Å². The van der Waals surface area contributed by atoms with Crippen LogP contribution in [0.5, 0.6) is 5.75 Å². The summed E-state index contributed by atoms with van der Waals surface area (Å²) < 4.78 is 51.4. The lowest BCUT2D eigenvalue weighted by molar-refractivity contribution is -0.137. The SMILES string of the molecule is Cc1noc(C)c1C(=O)NCC1Cc2cccc(-c3ccccc3C(F)(F)F)c2O1. The Morgan fingerprint density at radius 2 is 1.87 bits per heavy atom. The molecule has 1 N–H and O–H groups in total. The lowest BCUT2D eigenvalue weighted by Gasteiger charge is -2.16. The van der Waals surface area contributed by atoms with E-state index in [0.717, 1.165) is 11.6 Å². The highest BCUT2D eigenvalue weighted by Crippen LogP contribution is 2.43. The monoisotopic (exact) mass is 416 g/mol. The fraction of sp³-hybridized carbons (Fsp3) is 0.273. The van der Waals surface area contributed by atoms with Crippen LogP contribution in [0.25, 0.3) is 11.1 Å². The Bertz CT molecular complexity index is 1090. The molecule has 1 atom stereocenters. The second kappa shape index (κ2) is 7.51. The Kier molecular flexibility index (Phi) is 5.01. The van der Waals surface area contributed by atoms with Crippen molar-refractivity contribution < 1.29 is 27.2 Å². The Balaban J connectivity index is 1.55. The van der Waals surface area contributed by atoms with Crippen molar-refractivity contribution in [3.05, 3.63) is 70.6 Å². The molecule has 0 bridgehead atoms. The summed E-state index contributed by atoms with van der Waals surface area (Å²) in [5, 5.41) is 6.56. The van der Waals surface area contributed by atoms with Crippen LogP contribution in [0.4, 0.5) is 13.2 Å². The highest BCUT2D eigenvalue weighted by atomic mass is 19.4. The van der Waals surface area contributed by atoms with E-state index in [9.17, 15) is 18.0 Å². The number of ether oxygens (including phenoxy) is 1. The number of fused-ring (bicyclic) bond motifs is 1. The molecule has 2 heterocycles. The van der Waals surface area contributed by atoms with E-state index in [1.165, 1.54) is 12.1 Å². The van der Waals surface area contributed by atoms with Gasteiger partial charge in [-0.15, -0.1) is 0 Å². The molecule has 0 radical (unpaired) electrons. The maximum absolute atomic E-state index is 13.5. The number of rotatable bonds is 4. The molecule has 0 spiro atoms. The summed E-state index contributed by atoms with van der Waals surface area (Å²) in [6.45, 7) is 3.54. The van der Waals surface area contributed by atoms with E-state index in [0.29, 0.717) is 34.8 Å². The zero-order valence-electron chi connectivity index (χ0n) is 16.3. The Hall–Kier alpha value is -3.29. The number of aromatic nitrogens is 1. The highest BCUT2D eigenvalue weighted by molar-refractivity contribution is 5.96. The summed E-state index contributed by atoms with van der Waals surface area (Å²) in [4.78, 5) is 12.4. The first-order chi connectivity index (χ1) is 14.3. The maximum atomic E-state index is 13.5. The fourth-order valence-electron chi connectivity index (χ4n) is 3.73. The fourth-order valence-corrected chi connectivity index (χ4v) is 3.73. The average Bonchev–Trinajstić information content (AvgIpc) is 3.27. The largest absolute Gasteiger partial charge is 0.487 e. The van der Waals surface area contributed by atoms with Crippen molar-refractivity contribution >= 4 is 5.91 Å². The molecule has 4 rings (SSSR count). The molecular weight excluding hydrogens is 397 g/mol. The normalized spacial score (nSPS) is 15.6. The smallest absolute Gasteiger partial charge is 0.417 e. The van der Waals surface area contributed by atoms with Crippen LogP contribution in [0.2, 0.25) is 0 Å². The van der Waals surface area contributed by atoms with Crippen LogP contribution in [0.15, 0.2) is 47.0 Å². The van der Waals surface area contributed by atoms with Crippen LogP contribution >= 0.6 is 0 Å². The van der Waals surface area contributed by atoms with Crippen LogP contribution in [-0.4, -0.2) is 23.7 Å². The zero-order chi connectivity index (χ0) is 21.5. The summed E-state index contributed by atoms with van der Waals surface area (Å²) in [5.41, 5.74) is 1.43. The van der Waals surface area contributed by atoms with Gasteiger partial charge in [-0.3, -0.25) is 4.79 Å². The lowest BCUT2D eigenvalue weighted by atomic mass is 9.96. The molecule has 3 aromatic rings. The van der Waals surface area contributed by atoms with Gasteiger partial charge < -0.3 is 14.6 Å². The van der Waals surface area contributed by atoms with Crippen LogP contribution in [0.3, 0.4) is 0 Å². The molecule has 0 saturated heterocycles. The summed E-state index contributed by atoms with van der Waals surface area (Å²) in [7, 11) is 0. The van der Waals surface area contributed by atoms with Gasteiger partial charge >= 0.3 is 6.18 Å². The first-order valence-electron chi connectivity index (χ1n) is 9.42. The molecule has 1 unspecified atom stereocenters. The van der Waals surface area contributed by atoms with E-state index in [2.05, 4.69) is 10.5 Å². The number of hydrogen-bond donors (Lipinski definition) is 1. The van der Waals surface area contributed by atoms with Crippen molar-refractivity contribution in [1.82, 2.24) is 10.5 Å². The number of aryl methyl sites for hydroxylation is 2. The predicted molar refractivity (Wildman–Crippen MR) is 103 cm³/mol. The molecule has 156 valence electrons. The Labute approximate surface area is 170 Å². The number of alkyl halides is 3. The lowest BCUT2D eigenvalue weighted by Crippen LogP contribution is -2.34. The van der Waals surface area contributed by atoms with Gasteiger partial charge in [-0.25, -0.2) is 0 Å². The molecule has 5 nitrogen and oxygen atoms in total. The number of halogens is 3. The number of amides is 1. The predicted octanol–water partition coefficient (Wildman–Crippen LogP) is 4.71. The topological polar surface area (TPSA) is 64.4 Å². The van der Waals surface area contributed by atoms with Gasteiger partial charge in [-0.2, -0.15) is 13.2 Å². The summed E-state index contributed by atoms with van der Waals surface area (Å²) in [6, 6.07) is 10.6. The molecule has 2 aromatic carbocycles. The van der Waals surface area contributed by atoms with E-state index in [-0.39, 0.29) is 24.1 Å². The maximum Gasteiger partial charge on any atom is 0.417 e. The van der Waals surface area contributed by atoms with Gasteiger partial charge in [-0.1, -0.05) is 41.6 Å². The number of benzene rings is 2. The average molecular weight is 416 g/mol. The number of hydrogen-bond acceptors (Lipinski definition) is 4. The van der Waals surface area contributed by atoms with Gasteiger partial charge in [-0.05, 0) is 31.0 Å². The van der Waals surface area contributed by atoms with E-state index in [4.69, 9.17) is 9.26 Å². The van der Waals surface area contributed by atoms with Crippen LogP contribution in [0.1, 0.15) is 32.9 Å². The second-order valence-corrected chi connectivity index (χ2v) is 7.19. The van der Waals surface area contributed by atoms with Crippen molar-refractivity contribution in [2.45, 2.75) is 32.5 Å². The standard InChI is InChI=1S/C22H19F3N2O3/c1-12-19(13(2)30-27-12)21(28)26-11-15-10-14-6-5-8-17(20(14)29-15)16-7-3-4-9-18(16)22(23,24)25/h3-9,15H,10-11H2,1-2H3,(H,26,28). The quantitative estimate of drug-likeness (QED) is 0.669. The molecule has 8 heteroatoms. The van der Waals surface area contributed by atoms with E-state index >= 15 is 0 Å². The van der Waals surface area contributed by atoms with Gasteiger partial charge in [0, 0.05) is 12.0 Å². The van der Waals surface area contributed by atoms with Crippen molar-refractivity contribution in [3.63, 3.8) is 0 Å². The third kappa shape index (κ3) is 3.65. The molecule has 0 fully saturated rings. The van der Waals surface area contributed by atoms with Gasteiger partial charge in [0.1, 0.15) is 23.2 Å². The third-order valence-corrected chi connectivity index (χ3v) is 5.10. The van der Waals surface area contributed by atoms with Crippen molar-refractivity contribution in [2.24, 2.45) is 0 Å². The number of carbonyl (C=O) groups is 1. The van der Waals surface area contributed by atoms with Crippen molar-refractivity contribution in [3.8, 4) is 16.9 Å². The third-order valence-electron chi connectivity index (χ3n) is 5.10. The number of para-hydroxylation sites is 1. The molecule has 1 aromatic heterocycles. The van der Waals surface area contributed by atoms with Crippen LogP contribution < -0.4 is 10.1 Å². The number of nitrogens with zero attached hydrogens (tertiary/aromatic N) is 1. The summed E-state index contributed by atoms with van der Waals surface area (Å²) in [6.07, 6.45) is -4.37. The van der Waals surface area contributed by atoms with E-state index in [1.807, 2.05) is 6.07 Å². The highest BCUT2D eigenvalue weighted by Gasteiger charge is 2.35. The zero-order valence-corrected chi connectivity index (χ0v) is 16.3. The molecule has 30 heavy (non-hydrogen) atoms. The van der Waals surface area contributed by atoms with Gasteiger partial charge in [0.25, 0.3) is 5.91 Å². The minimum absolute atomic E-state index is 0.0715. The van der Waals surface area contributed by atoms with Crippen LogP contribution in [0, 0.1) is 13.8 Å². The van der Waals surface area contributed by atoms with Gasteiger partial charge in [0.15, 0.2) is 0 Å². The molecule has 0 saturated carbocycles. The number of nitrogens with one attached hydrogen (secondary N) is 1. The second-order valence-electron chi connectivity index (χ2n) is 7.19. The summed E-state index contributed by atoms with van der Waals surface area (Å²) >= 11 is 0. The minimum Gasteiger partial charge on any atom is -0.487 e. The minimum atomic E-state index is -4.47. The molecule has 0 aliphatic carbocycles. The molecule has 1 aliphatic rings. The first-order valence-corrected chi connectivity index (χ1v) is 9.42. The Morgan fingerprint density at radius 3 is 2.57 bits per heavy atom. The molecule has 1 amide bonds. The van der Waals surface area contributed by atoms with E-state index < -0.39 is 11.7 Å². The molecule has 1 aliphatic heterocycles. The molecular formula is C22H19F3N2O3. The van der Waals surface area contributed by atoms with Gasteiger partial charge in [0.05, 0.1) is 17.8 Å². The van der Waals surface area contributed by atoms with E-state index in [1.54, 1.807) is 32.0 Å². The summed E-state index contributed by atoms with van der Waals surface area (Å²) in [5.74, 6) is 0.519. The van der Waals surface area contributed by atoms with Crippen LogP contribution in [-0.2, 0) is 12.6 Å². The first kappa shape index (κ1) is 20.0. The number of carbonyl (C=O) groups excluding carboxylic acids is 1.